The molecule has 0 atom stereocenters. The van der Waals surface area contributed by atoms with Gasteiger partial charge in [0.2, 0.25) is 0 Å². The monoisotopic (exact) mass is 474 g/mol. The van der Waals surface area contributed by atoms with Gasteiger partial charge in [-0.05, 0) is 69.1 Å². The number of hydrogen-bond acceptors (Lipinski definition) is 6. The Hall–Kier alpha value is -3.25. The van der Waals surface area contributed by atoms with Gasteiger partial charge in [0.25, 0.3) is 0 Å². The van der Waals surface area contributed by atoms with Crippen LogP contribution in [0.15, 0.2) is 53.1 Å². The van der Waals surface area contributed by atoms with Gasteiger partial charge in [-0.1, -0.05) is 13.3 Å². The molecule has 4 aromatic rings. The third kappa shape index (κ3) is 5.38. The standard InChI is InChI=1S/C29H34N2O4/c1-3-4-14-33-27-19-24(21-8-9-26-22(17-21)10-16-35-26)30-25-20-29(28(32-2)18-23(25)27)34-15-7-13-31-11-5-6-12-31/h8-10,16-20H,3-7,11-15H2,1-2H3. The Morgan fingerprint density at radius 1 is 0.914 bits per heavy atom. The van der Waals surface area contributed by atoms with Crippen LogP contribution in [0.5, 0.6) is 17.2 Å². The van der Waals surface area contributed by atoms with Crippen LogP contribution < -0.4 is 14.2 Å². The first kappa shape index (κ1) is 23.5. The molecule has 2 aromatic carbocycles. The van der Waals surface area contributed by atoms with Crippen LogP contribution in [0.2, 0.25) is 0 Å². The Morgan fingerprint density at radius 3 is 2.57 bits per heavy atom. The first-order valence-electron chi connectivity index (χ1n) is 12.7. The SMILES string of the molecule is CCCCOc1cc(-c2ccc3occc3c2)nc2cc(OCCCN3CCCC3)c(OC)cc12. The van der Waals surface area contributed by atoms with Crippen LogP contribution in [0.3, 0.4) is 0 Å². The molecule has 1 aliphatic rings. The molecule has 0 aliphatic carbocycles. The summed E-state index contributed by atoms with van der Waals surface area (Å²) in [5.41, 5.74) is 3.57. The first-order chi connectivity index (χ1) is 17.2. The van der Waals surface area contributed by atoms with Gasteiger partial charge in [0, 0.05) is 35.0 Å². The van der Waals surface area contributed by atoms with E-state index >= 15 is 0 Å². The third-order valence-electron chi connectivity index (χ3n) is 6.63. The quantitative estimate of drug-likeness (QED) is 0.225. The van der Waals surface area contributed by atoms with Crippen LogP contribution in [0.25, 0.3) is 33.1 Å². The van der Waals surface area contributed by atoms with Gasteiger partial charge in [-0.3, -0.25) is 0 Å². The molecule has 0 spiro atoms. The first-order valence-corrected chi connectivity index (χ1v) is 12.7. The number of pyridine rings is 1. The zero-order chi connectivity index (χ0) is 24.0. The fourth-order valence-electron chi connectivity index (χ4n) is 4.67. The number of hydrogen-bond donors (Lipinski definition) is 0. The van der Waals surface area contributed by atoms with Gasteiger partial charge in [-0.25, -0.2) is 4.98 Å². The third-order valence-corrected chi connectivity index (χ3v) is 6.63. The maximum Gasteiger partial charge on any atom is 0.163 e. The number of nitrogens with zero attached hydrogens (tertiary/aromatic N) is 2. The van der Waals surface area contributed by atoms with Crippen molar-refractivity contribution in [2.24, 2.45) is 0 Å². The normalized spacial score (nSPS) is 14.1. The Bertz CT molecular complexity index is 1280. The van der Waals surface area contributed by atoms with Crippen molar-refractivity contribution >= 4 is 21.9 Å². The van der Waals surface area contributed by atoms with Crippen molar-refractivity contribution in [1.82, 2.24) is 9.88 Å². The van der Waals surface area contributed by atoms with E-state index in [4.69, 9.17) is 23.6 Å². The Morgan fingerprint density at radius 2 is 1.74 bits per heavy atom. The predicted octanol–water partition coefficient (Wildman–Crippen LogP) is 6.70. The van der Waals surface area contributed by atoms with Gasteiger partial charge >= 0.3 is 0 Å². The van der Waals surface area contributed by atoms with Crippen molar-refractivity contribution in [3.8, 4) is 28.5 Å². The van der Waals surface area contributed by atoms with E-state index < -0.39 is 0 Å². The van der Waals surface area contributed by atoms with Crippen molar-refractivity contribution in [2.45, 2.75) is 39.0 Å². The molecule has 0 radical (unpaired) electrons. The molecule has 184 valence electrons. The van der Waals surface area contributed by atoms with E-state index in [0.717, 1.165) is 70.4 Å². The van der Waals surface area contributed by atoms with Gasteiger partial charge in [0.05, 0.1) is 37.8 Å². The van der Waals surface area contributed by atoms with E-state index in [1.54, 1.807) is 13.4 Å². The summed E-state index contributed by atoms with van der Waals surface area (Å²) in [5, 5.41) is 1.98. The number of benzene rings is 2. The lowest BCUT2D eigenvalue weighted by Crippen LogP contribution is -2.21. The van der Waals surface area contributed by atoms with Gasteiger partial charge in [-0.2, -0.15) is 0 Å². The summed E-state index contributed by atoms with van der Waals surface area (Å²) in [6, 6.07) is 14.1. The molecule has 3 heterocycles. The van der Waals surface area contributed by atoms with Crippen molar-refractivity contribution in [3.05, 3.63) is 48.7 Å². The van der Waals surface area contributed by atoms with E-state index in [1.807, 2.05) is 36.4 Å². The van der Waals surface area contributed by atoms with Crippen LogP contribution >= 0.6 is 0 Å². The van der Waals surface area contributed by atoms with Gasteiger partial charge in [0.1, 0.15) is 11.3 Å². The summed E-state index contributed by atoms with van der Waals surface area (Å²) >= 11 is 0. The van der Waals surface area contributed by atoms with Crippen molar-refractivity contribution in [1.29, 1.82) is 0 Å². The average molecular weight is 475 g/mol. The molecule has 1 saturated heterocycles. The smallest absolute Gasteiger partial charge is 0.163 e. The van der Waals surface area contributed by atoms with Crippen LogP contribution in [-0.4, -0.2) is 49.8 Å². The molecule has 0 N–H and O–H groups in total. The Labute approximate surface area is 206 Å². The molecule has 1 fully saturated rings. The molecular formula is C29H34N2O4. The number of unbranched alkanes of at least 4 members (excludes halogenated alkanes) is 1. The van der Waals surface area contributed by atoms with Gasteiger partial charge < -0.3 is 23.5 Å². The summed E-state index contributed by atoms with van der Waals surface area (Å²) in [5.74, 6) is 2.23. The molecule has 6 nitrogen and oxygen atoms in total. The zero-order valence-corrected chi connectivity index (χ0v) is 20.7. The number of methoxy groups -OCH3 is 1. The molecule has 6 heteroatoms. The highest BCUT2D eigenvalue weighted by atomic mass is 16.5. The number of rotatable bonds is 11. The molecule has 0 saturated carbocycles. The largest absolute Gasteiger partial charge is 0.493 e. The number of ether oxygens (including phenoxy) is 3. The second-order valence-corrected chi connectivity index (χ2v) is 9.15. The second-order valence-electron chi connectivity index (χ2n) is 9.15. The molecule has 0 unspecified atom stereocenters. The minimum Gasteiger partial charge on any atom is -0.493 e. The van der Waals surface area contributed by atoms with E-state index in [0.29, 0.717) is 19.0 Å². The summed E-state index contributed by atoms with van der Waals surface area (Å²) < 4.78 is 23.6. The zero-order valence-electron chi connectivity index (χ0n) is 20.7. The average Bonchev–Trinajstić information content (AvgIpc) is 3.57. The van der Waals surface area contributed by atoms with E-state index in [2.05, 4.69) is 17.9 Å². The van der Waals surface area contributed by atoms with Crippen molar-refractivity contribution < 1.29 is 18.6 Å². The van der Waals surface area contributed by atoms with Gasteiger partial charge in [-0.15, -0.1) is 0 Å². The van der Waals surface area contributed by atoms with Gasteiger partial charge in [0.15, 0.2) is 11.5 Å². The van der Waals surface area contributed by atoms with E-state index in [1.165, 1.54) is 25.9 Å². The lowest BCUT2D eigenvalue weighted by molar-refractivity contribution is 0.254. The Balaban J connectivity index is 1.46. The number of furan rings is 1. The topological polar surface area (TPSA) is 57.0 Å². The second kappa shape index (κ2) is 11.0. The molecule has 35 heavy (non-hydrogen) atoms. The van der Waals surface area contributed by atoms with Crippen molar-refractivity contribution in [3.63, 3.8) is 0 Å². The predicted molar refractivity (Wildman–Crippen MR) is 140 cm³/mol. The fourth-order valence-corrected chi connectivity index (χ4v) is 4.67. The molecule has 0 bridgehead atoms. The van der Waals surface area contributed by atoms with Crippen molar-refractivity contribution in [2.75, 3.05) is 40.0 Å². The van der Waals surface area contributed by atoms with E-state index in [9.17, 15) is 0 Å². The highest BCUT2D eigenvalue weighted by Gasteiger charge is 2.16. The van der Waals surface area contributed by atoms with Crippen LogP contribution in [0.1, 0.15) is 39.0 Å². The maximum absolute atomic E-state index is 6.23. The van der Waals surface area contributed by atoms with E-state index in [-0.39, 0.29) is 0 Å². The lowest BCUT2D eigenvalue weighted by Gasteiger charge is -2.17. The highest BCUT2D eigenvalue weighted by molar-refractivity contribution is 5.92. The number of aromatic nitrogens is 1. The summed E-state index contributed by atoms with van der Waals surface area (Å²) in [6.45, 7) is 6.96. The maximum atomic E-state index is 6.23. The fraction of sp³-hybridized carbons (Fsp3) is 0.414. The van der Waals surface area contributed by atoms with Crippen LogP contribution in [0.4, 0.5) is 0 Å². The van der Waals surface area contributed by atoms with Crippen LogP contribution in [-0.2, 0) is 0 Å². The summed E-state index contributed by atoms with van der Waals surface area (Å²) in [4.78, 5) is 7.50. The summed E-state index contributed by atoms with van der Waals surface area (Å²) in [7, 11) is 1.68. The molecule has 5 rings (SSSR count). The molecule has 2 aromatic heterocycles. The van der Waals surface area contributed by atoms with Crippen LogP contribution in [0, 0.1) is 0 Å². The Kier molecular flexibility index (Phi) is 7.38. The number of fused-ring (bicyclic) bond motifs is 2. The molecule has 1 aliphatic heterocycles. The molecule has 0 amide bonds. The minimum atomic E-state index is 0.648. The number of likely N-dealkylation sites (tertiary alicyclic amines) is 1. The molecular weight excluding hydrogens is 440 g/mol. The highest BCUT2D eigenvalue weighted by Crippen LogP contribution is 2.38. The lowest BCUT2D eigenvalue weighted by atomic mass is 10.1. The summed E-state index contributed by atoms with van der Waals surface area (Å²) in [6.07, 6.45) is 7.39. The minimum absolute atomic E-state index is 0.648.